The van der Waals surface area contributed by atoms with Gasteiger partial charge >= 0.3 is 0 Å². The van der Waals surface area contributed by atoms with Gasteiger partial charge in [-0.3, -0.25) is 4.99 Å². The molecule has 6 nitrogen and oxygen atoms in total. The zero-order chi connectivity index (χ0) is 17.1. The zero-order valence-electron chi connectivity index (χ0n) is 14.8. The molecular weight excluding hydrogens is 314 g/mol. The van der Waals surface area contributed by atoms with Gasteiger partial charge in [0, 0.05) is 25.9 Å². The average molecular weight is 348 g/mol. The van der Waals surface area contributed by atoms with E-state index in [9.17, 15) is 8.42 Å². The van der Waals surface area contributed by atoms with E-state index in [2.05, 4.69) is 15.6 Å². The highest BCUT2D eigenvalue weighted by molar-refractivity contribution is 7.90. The molecule has 0 aromatic rings. The van der Waals surface area contributed by atoms with E-state index < -0.39 is 9.84 Å². The molecule has 1 unspecified atom stereocenters. The van der Waals surface area contributed by atoms with Gasteiger partial charge in [0.25, 0.3) is 0 Å². The van der Waals surface area contributed by atoms with Crippen LogP contribution in [0.4, 0.5) is 0 Å². The minimum Gasteiger partial charge on any atom is -0.376 e. The smallest absolute Gasteiger partial charge is 0.191 e. The lowest BCUT2D eigenvalue weighted by Gasteiger charge is -2.19. The van der Waals surface area contributed by atoms with Crippen molar-refractivity contribution in [2.45, 2.75) is 64.0 Å². The minimum atomic E-state index is -2.92. The van der Waals surface area contributed by atoms with Gasteiger partial charge in [0.15, 0.2) is 5.96 Å². The van der Waals surface area contributed by atoms with Gasteiger partial charge in [0.2, 0.25) is 0 Å². The molecule has 136 valence electrons. The van der Waals surface area contributed by atoms with E-state index in [0.29, 0.717) is 31.6 Å². The first kappa shape index (κ1) is 20.2. The third-order valence-electron chi connectivity index (χ3n) is 4.08. The molecule has 1 rings (SSSR count). The maximum absolute atomic E-state index is 11.2. The fourth-order valence-electron chi connectivity index (χ4n) is 2.69. The monoisotopic (exact) mass is 347 g/mol. The van der Waals surface area contributed by atoms with E-state index in [4.69, 9.17) is 4.74 Å². The molecule has 1 aliphatic rings. The van der Waals surface area contributed by atoms with Crippen LogP contribution in [-0.2, 0) is 14.6 Å². The third kappa shape index (κ3) is 10.5. The van der Waals surface area contributed by atoms with Gasteiger partial charge < -0.3 is 15.4 Å². The minimum absolute atomic E-state index is 0.0544. The second-order valence-corrected chi connectivity index (χ2v) is 8.71. The Labute approximate surface area is 141 Å². The summed E-state index contributed by atoms with van der Waals surface area (Å²) < 4.78 is 28.3. The lowest BCUT2D eigenvalue weighted by Crippen LogP contribution is -2.44. The van der Waals surface area contributed by atoms with Crippen LogP contribution in [0.25, 0.3) is 0 Å². The van der Waals surface area contributed by atoms with Crippen LogP contribution in [0.2, 0.25) is 0 Å². The number of hydrogen-bond donors (Lipinski definition) is 2. The summed E-state index contributed by atoms with van der Waals surface area (Å²) in [5.41, 5.74) is 0. The standard InChI is InChI=1S/C16H33N3O3S/c1-14(10-13-23(3,20)21)19-16(17-2)18-11-12-22-15-8-6-4-5-7-9-15/h14-15H,4-13H2,1-3H3,(H2,17,18,19). The van der Waals surface area contributed by atoms with Gasteiger partial charge in [-0.25, -0.2) is 8.42 Å². The van der Waals surface area contributed by atoms with E-state index in [1.54, 1.807) is 7.05 Å². The highest BCUT2D eigenvalue weighted by Crippen LogP contribution is 2.19. The number of aliphatic imine (C=N–C) groups is 1. The van der Waals surface area contributed by atoms with E-state index in [0.717, 1.165) is 0 Å². The predicted molar refractivity (Wildman–Crippen MR) is 95.7 cm³/mol. The van der Waals surface area contributed by atoms with Crippen molar-refractivity contribution in [3.8, 4) is 0 Å². The fraction of sp³-hybridized carbons (Fsp3) is 0.938. The lowest BCUT2D eigenvalue weighted by molar-refractivity contribution is 0.0468. The lowest BCUT2D eigenvalue weighted by atomic mass is 10.1. The highest BCUT2D eigenvalue weighted by atomic mass is 32.2. The summed E-state index contributed by atoms with van der Waals surface area (Å²) in [4.78, 5) is 4.16. The Balaban J connectivity index is 2.18. The van der Waals surface area contributed by atoms with Gasteiger partial charge in [-0.1, -0.05) is 25.7 Å². The molecule has 0 aromatic carbocycles. The van der Waals surface area contributed by atoms with Crippen LogP contribution >= 0.6 is 0 Å². The largest absolute Gasteiger partial charge is 0.376 e. The van der Waals surface area contributed by atoms with Crippen LogP contribution in [0, 0.1) is 0 Å². The first-order chi connectivity index (χ1) is 10.9. The number of nitrogens with zero attached hydrogens (tertiary/aromatic N) is 1. The molecule has 0 bridgehead atoms. The van der Waals surface area contributed by atoms with Crippen LogP contribution in [-0.4, -0.2) is 58.7 Å². The van der Waals surface area contributed by atoms with Gasteiger partial charge in [0.1, 0.15) is 9.84 Å². The second-order valence-electron chi connectivity index (χ2n) is 6.45. The normalized spacial score (nSPS) is 19.2. The van der Waals surface area contributed by atoms with E-state index in [-0.39, 0.29) is 11.8 Å². The Morgan fingerprint density at radius 3 is 2.48 bits per heavy atom. The Morgan fingerprint density at radius 2 is 1.91 bits per heavy atom. The quantitative estimate of drug-likeness (QED) is 0.302. The Hall–Kier alpha value is -0.820. The molecule has 0 aromatic heterocycles. The van der Waals surface area contributed by atoms with Crippen LogP contribution in [0.3, 0.4) is 0 Å². The number of guanidine groups is 1. The molecule has 0 spiro atoms. The Kier molecular flexibility index (Phi) is 9.55. The number of nitrogens with one attached hydrogen (secondary N) is 2. The third-order valence-corrected chi connectivity index (χ3v) is 5.06. The zero-order valence-corrected chi connectivity index (χ0v) is 15.6. The molecule has 0 amide bonds. The summed E-state index contributed by atoms with van der Waals surface area (Å²) in [7, 11) is -1.21. The molecule has 1 fully saturated rings. The average Bonchev–Trinajstić information content (AvgIpc) is 2.76. The Morgan fingerprint density at radius 1 is 1.26 bits per heavy atom. The van der Waals surface area contributed by atoms with E-state index in [1.807, 2.05) is 6.92 Å². The Bertz CT molecular complexity index is 443. The van der Waals surface area contributed by atoms with Crippen molar-refractivity contribution in [1.29, 1.82) is 0 Å². The number of ether oxygens (including phenoxy) is 1. The van der Waals surface area contributed by atoms with Crippen molar-refractivity contribution in [2.24, 2.45) is 4.99 Å². The summed E-state index contributed by atoms with van der Waals surface area (Å²) in [6.45, 7) is 3.33. The molecule has 0 aliphatic heterocycles. The molecular formula is C16H33N3O3S. The highest BCUT2D eigenvalue weighted by Gasteiger charge is 2.12. The van der Waals surface area contributed by atoms with Crippen molar-refractivity contribution in [3.05, 3.63) is 0 Å². The molecule has 23 heavy (non-hydrogen) atoms. The van der Waals surface area contributed by atoms with Crippen molar-refractivity contribution >= 4 is 15.8 Å². The van der Waals surface area contributed by atoms with Gasteiger partial charge in [0.05, 0.1) is 18.5 Å². The first-order valence-electron chi connectivity index (χ1n) is 8.67. The number of hydrogen-bond acceptors (Lipinski definition) is 4. The van der Waals surface area contributed by atoms with Gasteiger partial charge in [-0.15, -0.1) is 0 Å². The van der Waals surface area contributed by atoms with Crippen LogP contribution in [0.15, 0.2) is 4.99 Å². The van der Waals surface area contributed by atoms with Crippen molar-refractivity contribution in [3.63, 3.8) is 0 Å². The fourth-order valence-corrected chi connectivity index (χ4v) is 3.48. The van der Waals surface area contributed by atoms with Crippen LogP contribution in [0.1, 0.15) is 51.9 Å². The molecule has 7 heteroatoms. The molecule has 1 saturated carbocycles. The number of rotatable bonds is 8. The summed E-state index contributed by atoms with van der Waals surface area (Å²) in [5.74, 6) is 0.874. The molecule has 0 radical (unpaired) electrons. The van der Waals surface area contributed by atoms with Crippen molar-refractivity contribution < 1.29 is 13.2 Å². The SMILES string of the molecule is CN=C(NCCOC1CCCCCC1)NC(C)CCS(C)(=O)=O. The summed E-state index contributed by atoms with van der Waals surface area (Å²) >= 11 is 0. The van der Waals surface area contributed by atoms with Crippen molar-refractivity contribution in [1.82, 2.24) is 10.6 Å². The summed E-state index contributed by atoms with van der Waals surface area (Å²) in [6, 6.07) is 0.0544. The molecule has 1 aliphatic carbocycles. The van der Waals surface area contributed by atoms with Crippen LogP contribution in [0.5, 0.6) is 0 Å². The number of sulfone groups is 1. The van der Waals surface area contributed by atoms with Gasteiger partial charge in [-0.2, -0.15) is 0 Å². The van der Waals surface area contributed by atoms with E-state index in [1.165, 1.54) is 44.8 Å². The maximum Gasteiger partial charge on any atom is 0.191 e. The topological polar surface area (TPSA) is 79.8 Å². The summed E-state index contributed by atoms with van der Waals surface area (Å²) in [5, 5.41) is 6.42. The first-order valence-corrected chi connectivity index (χ1v) is 10.7. The molecule has 1 atom stereocenters. The predicted octanol–water partition coefficient (Wildman–Crippen LogP) is 1.71. The molecule has 0 saturated heterocycles. The van der Waals surface area contributed by atoms with Crippen molar-refractivity contribution in [2.75, 3.05) is 32.2 Å². The van der Waals surface area contributed by atoms with Crippen LogP contribution < -0.4 is 10.6 Å². The maximum atomic E-state index is 11.2. The molecule has 0 heterocycles. The molecule has 2 N–H and O–H groups in total. The second kappa shape index (κ2) is 10.9. The summed E-state index contributed by atoms with van der Waals surface area (Å²) in [6.07, 6.45) is 9.81. The van der Waals surface area contributed by atoms with E-state index >= 15 is 0 Å². The van der Waals surface area contributed by atoms with Gasteiger partial charge in [-0.05, 0) is 26.2 Å².